The highest BCUT2D eigenvalue weighted by Gasteiger charge is 2.57. The fraction of sp³-hybridized carbons (Fsp3) is 0.341. The average molecular weight is 1330 g/mol. The van der Waals surface area contributed by atoms with Gasteiger partial charge < -0.3 is 76.2 Å². The zero-order valence-corrected chi connectivity index (χ0v) is 55.2. The van der Waals surface area contributed by atoms with E-state index in [0.717, 1.165) is 50.1 Å². The maximum Gasteiger partial charge on any atom is 0.187 e. The van der Waals surface area contributed by atoms with E-state index < -0.39 is 92.1 Å². The lowest BCUT2D eigenvalue weighted by Crippen LogP contribution is -2.68. The molecular formula is C82H88O16. The van der Waals surface area contributed by atoms with E-state index in [-0.39, 0.29) is 79.3 Å². The van der Waals surface area contributed by atoms with Crippen LogP contribution in [0.4, 0.5) is 0 Å². The van der Waals surface area contributed by atoms with Gasteiger partial charge in [-0.2, -0.15) is 0 Å². The minimum absolute atomic E-state index is 0.0306. The lowest BCUT2D eigenvalue weighted by molar-refractivity contribution is -0.393. The van der Waals surface area contributed by atoms with E-state index in [1.807, 2.05) is 273 Å². The molecule has 12 rings (SSSR count). The highest BCUT2D eigenvalue weighted by atomic mass is 16.8. The number of ether oxygens (including phenoxy) is 15. The monoisotopic (exact) mass is 1330 g/mol. The summed E-state index contributed by atoms with van der Waals surface area (Å²) in [7, 11) is 1.60. The van der Waals surface area contributed by atoms with Crippen LogP contribution in [0.15, 0.2) is 273 Å². The van der Waals surface area contributed by atoms with Gasteiger partial charge in [0.05, 0.1) is 79.3 Å². The van der Waals surface area contributed by atoms with Crippen molar-refractivity contribution in [3.8, 4) is 0 Å². The molecule has 15 atom stereocenters. The van der Waals surface area contributed by atoms with Crippen LogP contribution in [0.25, 0.3) is 0 Å². The zero-order valence-electron chi connectivity index (χ0n) is 55.2. The standard InChI is InChI=1S/C82H88O16/c1-84-80-78(92-54-66-43-25-9-26-44-66)75(89-51-63-37-19-6-20-38-63)72(69(95-80)57-86-48-60-31-13-3-14-32-60)98-82-79(93-55-67-45-27-10-28-46-67)76(90-52-64-39-21-7-22-40-64)73(70(96-82)58-87-49-61-33-15-4-16-34-61)97-81-77(91-53-65-41-23-8-24-42-65)74(88-50-62-35-17-5-18-36-62)71(83)68(94-81)56-85-47-59-29-11-2-12-30-59/h2-46,68-83H,47-58H2,1H3/t68-,69-,70-,71-,72-,73-,74+,75+,76+,77-,78-,79-,80+,81-,82-/m1/s1. The molecule has 0 aromatic heterocycles. The lowest BCUT2D eigenvalue weighted by Gasteiger charge is -2.51. The normalized spacial score (nSPS) is 25.6. The van der Waals surface area contributed by atoms with Crippen molar-refractivity contribution in [2.45, 2.75) is 152 Å². The summed E-state index contributed by atoms with van der Waals surface area (Å²) in [5.74, 6) is 0. The molecule has 0 aliphatic carbocycles. The van der Waals surface area contributed by atoms with Gasteiger partial charge in [-0.3, -0.25) is 0 Å². The molecule has 3 heterocycles. The first kappa shape index (κ1) is 70.2. The van der Waals surface area contributed by atoms with Gasteiger partial charge in [0, 0.05) is 7.11 Å². The predicted molar refractivity (Wildman–Crippen MR) is 367 cm³/mol. The summed E-state index contributed by atoms with van der Waals surface area (Å²) in [5.41, 5.74) is 8.27. The van der Waals surface area contributed by atoms with Crippen molar-refractivity contribution in [2.75, 3.05) is 26.9 Å². The SMILES string of the molecule is CO[C@H]1O[C@H](COCc2ccccc2)[C@@H](O[C@H]2O[C@H](COCc3ccccc3)[C@@H](O[C@H]3O[C@H](COCc4ccccc4)[C@@H](O)[C@H](OCc4ccccc4)[C@H]3OCc3ccccc3)[C@H](OCc3ccccc3)[C@H]2OCc2ccccc2)[C@H](OCc2ccccc2)[C@H]1OCc1ccccc1. The van der Waals surface area contributed by atoms with Crippen LogP contribution in [0.1, 0.15) is 50.1 Å². The summed E-state index contributed by atoms with van der Waals surface area (Å²) in [6.07, 6.45) is -15.8. The minimum Gasteiger partial charge on any atom is -0.387 e. The Hall–Kier alpha value is -7.66. The van der Waals surface area contributed by atoms with Crippen LogP contribution in [-0.4, -0.2) is 124 Å². The molecule has 0 bridgehead atoms. The first-order valence-electron chi connectivity index (χ1n) is 33.7. The number of methoxy groups -OCH3 is 1. The maximum absolute atomic E-state index is 12.7. The third-order valence-electron chi connectivity index (χ3n) is 17.5. The number of aliphatic hydroxyl groups is 1. The summed E-state index contributed by atoms with van der Waals surface area (Å²) in [4.78, 5) is 0. The molecular weight excluding hydrogens is 1240 g/mol. The van der Waals surface area contributed by atoms with E-state index in [4.69, 9.17) is 71.1 Å². The van der Waals surface area contributed by atoms with Gasteiger partial charge in [-0.1, -0.05) is 273 Å². The Labute approximate surface area is 575 Å². The Bertz CT molecular complexity index is 3610. The molecule has 16 nitrogen and oxygen atoms in total. The Morgan fingerprint density at radius 1 is 0.245 bits per heavy atom. The van der Waals surface area contributed by atoms with Crippen LogP contribution in [0.2, 0.25) is 0 Å². The van der Waals surface area contributed by atoms with Crippen LogP contribution in [0, 0.1) is 0 Å². The molecule has 0 spiro atoms. The predicted octanol–water partition coefficient (Wildman–Crippen LogP) is 13.1. The number of rotatable bonds is 35. The van der Waals surface area contributed by atoms with Crippen LogP contribution >= 0.6 is 0 Å². The quantitative estimate of drug-likeness (QED) is 0.0399. The van der Waals surface area contributed by atoms with Crippen LogP contribution in [0.5, 0.6) is 0 Å². The average Bonchev–Trinajstić information content (AvgIpc) is 0.767. The third-order valence-corrected chi connectivity index (χ3v) is 17.5. The molecule has 3 aliphatic rings. The molecule has 3 fully saturated rings. The van der Waals surface area contributed by atoms with Crippen LogP contribution < -0.4 is 0 Å². The van der Waals surface area contributed by atoms with E-state index in [1.54, 1.807) is 7.11 Å². The van der Waals surface area contributed by atoms with Crippen LogP contribution in [-0.2, 0) is 131 Å². The highest BCUT2D eigenvalue weighted by Crippen LogP contribution is 2.39. The second kappa shape index (κ2) is 37.5. The van der Waals surface area contributed by atoms with Gasteiger partial charge in [-0.15, -0.1) is 0 Å². The van der Waals surface area contributed by atoms with Crippen molar-refractivity contribution in [1.82, 2.24) is 0 Å². The van der Waals surface area contributed by atoms with E-state index in [2.05, 4.69) is 0 Å². The largest absolute Gasteiger partial charge is 0.387 e. The van der Waals surface area contributed by atoms with Gasteiger partial charge in [0.2, 0.25) is 0 Å². The van der Waals surface area contributed by atoms with Crippen molar-refractivity contribution >= 4 is 0 Å². The Morgan fingerprint density at radius 3 is 0.745 bits per heavy atom. The highest BCUT2D eigenvalue weighted by molar-refractivity contribution is 5.21. The molecule has 0 saturated carbocycles. The fourth-order valence-corrected chi connectivity index (χ4v) is 12.4. The number of aliphatic hydroxyl groups excluding tert-OH is 1. The minimum atomic E-state index is -1.29. The molecule has 9 aromatic carbocycles. The van der Waals surface area contributed by atoms with Crippen molar-refractivity contribution in [2.24, 2.45) is 0 Å². The lowest BCUT2D eigenvalue weighted by atomic mass is 9.95. The maximum atomic E-state index is 12.7. The first-order valence-corrected chi connectivity index (χ1v) is 33.7. The van der Waals surface area contributed by atoms with E-state index in [9.17, 15) is 5.11 Å². The summed E-state index contributed by atoms with van der Waals surface area (Å²) >= 11 is 0. The summed E-state index contributed by atoms with van der Waals surface area (Å²) < 4.78 is 106. The number of hydrogen-bond donors (Lipinski definition) is 1. The van der Waals surface area contributed by atoms with Gasteiger partial charge in [-0.25, -0.2) is 0 Å². The fourth-order valence-electron chi connectivity index (χ4n) is 12.4. The Morgan fingerprint density at radius 2 is 0.459 bits per heavy atom. The van der Waals surface area contributed by atoms with Gasteiger partial charge in [0.15, 0.2) is 18.9 Å². The molecule has 0 amide bonds. The molecule has 9 aromatic rings. The molecule has 512 valence electrons. The summed E-state index contributed by atoms with van der Waals surface area (Å²) in [5, 5.41) is 12.7. The summed E-state index contributed by atoms with van der Waals surface area (Å²) in [6, 6.07) is 89.1. The smallest absolute Gasteiger partial charge is 0.187 e. The molecule has 98 heavy (non-hydrogen) atoms. The molecule has 3 aliphatic heterocycles. The Kier molecular flexibility index (Phi) is 26.9. The molecule has 3 saturated heterocycles. The third kappa shape index (κ3) is 20.3. The number of hydrogen-bond acceptors (Lipinski definition) is 16. The second-order valence-corrected chi connectivity index (χ2v) is 24.6. The zero-order chi connectivity index (χ0) is 66.8. The Balaban J connectivity index is 0.965. The van der Waals surface area contributed by atoms with E-state index in [0.29, 0.717) is 0 Å². The van der Waals surface area contributed by atoms with Crippen molar-refractivity contribution < 1.29 is 76.2 Å². The second-order valence-electron chi connectivity index (χ2n) is 24.6. The molecule has 0 unspecified atom stereocenters. The van der Waals surface area contributed by atoms with Gasteiger partial charge in [0.25, 0.3) is 0 Å². The topological polar surface area (TPSA) is 159 Å². The molecule has 16 heteroatoms. The van der Waals surface area contributed by atoms with Crippen molar-refractivity contribution in [3.63, 3.8) is 0 Å². The first-order chi connectivity index (χ1) is 48.5. The van der Waals surface area contributed by atoms with Crippen molar-refractivity contribution in [1.29, 1.82) is 0 Å². The van der Waals surface area contributed by atoms with E-state index in [1.165, 1.54) is 0 Å². The summed E-state index contributed by atoms with van der Waals surface area (Å²) in [6.45, 7) is 1.56. The van der Waals surface area contributed by atoms with Crippen molar-refractivity contribution in [3.05, 3.63) is 323 Å². The van der Waals surface area contributed by atoms with Gasteiger partial charge in [0.1, 0.15) is 73.2 Å². The number of benzene rings is 9. The van der Waals surface area contributed by atoms with Crippen LogP contribution in [0.3, 0.4) is 0 Å². The van der Waals surface area contributed by atoms with Gasteiger partial charge in [-0.05, 0) is 50.1 Å². The van der Waals surface area contributed by atoms with Gasteiger partial charge >= 0.3 is 0 Å². The molecule has 0 radical (unpaired) electrons. The van der Waals surface area contributed by atoms with E-state index >= 15 is 0 Å². The molecule has 1 N–H and O–H groups in total.